The molecule has 0 amide bonds. The number of phosphoric acid groups is 1. The van der Waals surface area contributed by atoms with E-state index in [1.54, 1.807) is 7.11 Å². The minimum absolute atomic E-state index is 0.0366. The Bertz CT molecular complexity index is 3530. The van der Waals surface area contributed by atoms with Crippen molar-refractivity contribution in [2.24, 2.45) is 5.92 Å². The molecule has 0 saturated carbocycles. The Morgan fingerprint density at radius 1 is 0.351 bits per heavy atom. The highest BCUT2D eigenvalue weighted by atomic mass is 31.2. The summed E-state index contributed by atoms with van der Waals surface area (Å²) in [5, 5.41) is 0. The van der Waals surface area contributed by atoms with Crippen LogP contribution in [0.4, 0.5) is 0 Å². The summed E-state index contributed by atoms with van der Waals surface area (Å²) in [6.45, 7) is 1.19. The molecule has 94 heavy (non-hydrogen) atoms. The Kier molecular flexibility index (Phi) is 26.1. The van der Waals surface area contributed by atoms with E-state index < -0.39 is 75.0 Å². The molecule has 2 fully saturated rings. The van der Waals surface area contributed by atoms with Crippen molar-refractivity contribution in [3.05, 3.63) is 323 Å². The predicted octanol–water partition coefficient (Wildman–Crippen LogP) is 15.8. The van der Waals surface area contributed by atoms with Crippen LogP contribution in [0, 0.1) is 5.92 Å². The Balaban J connectivity index is 1.06. The molecular formula is C79H85O14P. The van der Waals surface area contributed by atoms with Crippen molar-refractivity contribution in [2.75, 3.05) is 26.9 Å². The lowest BCUT2D eigenvalue weighted by Crippen LogP contribution is -2.69. The lowest BCUT2D eigenvalue weighted by atomic mass is 9.77. The molecule has 9 aromatic carbocycles. The minimum atomic E-state index is -4.57. The molecule has 2 aliphatic rings. The van der Waals surface area contributed by atoms with E-state index in [0.29, 0.717) is 13.0 Å². The van der Waals surface area contributed by atoms with E-state index in [1.807, 2.05) is 273 Å². The molecule has 9 aromatic rings. The predicted molar refractivity (Wildman–Crippen MR) is 359 cm³/mol. The average molecular weight is 1290 g/mol. The van der Waals surface area contributed by atoms with Gasteiger partial charge in [-0.1, -0.05) is 273 Å². The van der Waals surface area contributed by atoms with E-state index in [2.05, 4.69) is 0 Å². The zero-order chi connectivity index (χ0) is 64.3. The highest BCUT2D eigenvalue weighted by molar-refractivity contribution is 7.48. The number of hydrogen-bond acceptors (Lipinski definition) is 14. The summed E-state index contributed by atoms with van der Waals surface area (Å²) in [6, 6.07) is 89.2. The van der Waals surface area contributed by atoms with Gasteiger partial charge < -0.3 is 47.4 Å². The second-order valence-electron chi connectivity index (χ2n) is 23.7. The Morgan fingerprint density at radius 3 is 1.05 bits per heavy atom. The molecule has 490 valence electrons. The summed E-state index contributed by atoms with van der Waals surface area (Å²) in [4.78, 5) is 0. The first-order chi connectivity index (χ1) is 46.4. The first-order valence-corrected chi connectivity index (χ1v) is 33.8. The average Bonchev–Trinajstić information content (AvgIpc) is 0.753. The number of rotatable bonds is 36. The van der Waals surface area contributed by atoms with Crippen LogP contribution in [-0.2, 0) is 125 Å². The Morgan fingerprint density at radius 2 is 0.670 bits per heavy atom. The molecule has 0 spiro atoms. The second kappa shape index (κ2) is 36.0. The van der Waals surface area contributed by atoms with E-state index in [0.717, 1.165) is 50.1 Å². The number of methoxy groups -OCH3 is 1. The van der Waals surface area contributed by atoms with Gasteiger partial charge in [-0.15, -0.1) is 0 Å². The fourth-order valence-electron chi connectivity index (χ4n) is 12.1. The maximum Gasteiger partial charge on any atom is 0.475 e. The third-order valence-electron chi connectivity index (χ3n) is 16.9. The van der Waals surface area contributed by atoms with Crippen LogP contribution < -0.4 is 0 Å². The Hall–Kier alpha value is -7.31. The quantitative estimate of drug-likeness (QED) is 0.0344. The molecule has 0 aromatic heterocycles. The van der Waals surface area contributed by atoms with Gasteiger partial charge in [0.05, 0.1) is 85.4 Å². The van der Waals surface area contributed by atoms with E-state index in [4.69, 9.17) is 60.9 Å². The summed E-state index contributed by atoms with van der Waals surface area (Å²) in [5.74, 6) is -0.523. The molecule has 15 heteroatoms. The van der Waals surface area contributed by atoms with Gasteiger partial charge in [0, 0.05) is 13.0 Å². The van der Waals surface area contributed by atoms with E-state index in [9.17, 15) is 0 Å². The summed E-state index contributed by atoms with van der Waals surface area (Å²) >= 11 is 0. The molecule has 2 heterocycles. The lowest BCUT2D eigenvalue weighted by molar-refractivity contribution is -0.323. The third-order valence-corrected chi connectivity index (χ3v) is 18.3. The molecule has 0 N–H and O–H groups in total. The van der Waals surface area contributed by atoms with Crippen molar-refractivity contribution in [1.29, 1.82) is 0 Å². The first-order valence-electron chi connectivity index (χ1n) is 32.4. The Labute approximate surface area is 553 Å². The summed E-state index contributed by atoms with van der Waals surface area (Å²) in [6.07, 6.45) is -6.22. The molecule has 10 atom stereocenters. The highest BCUT2D eigenvalue weighted by Gasteiger charge is 2.59. The number of benzene rings is 9. The number of ether oxygens (including phenoxy) is 10. The maximum absolute atomic E-state index is 16.0. The zero-order valence-electron chi connectivity index (χ0n) is 53.2. The third kappa shape index (κ3) is 20.1. The molecule has 2 aliphatic heterocycles. The molecule has 0 aliphatic carbocycles. The van der Waals surface area contributed by atoms with Crippen LogP contribution in [0.3, 0.4) is 0 Å². The van der Waals surface area contributed by atoms with Gasteiger partial charge in [-0.25, -0.2) is 4.57 Å². The second-order valence-corrected chi connectivity index (χ2v) is 25.4. The number of phosphoric ester groups is 1. The van der Waals surface area contributed by atoms with Gasteiger partial charge in [0.15, 0.2) is 6.29 Å². The van der Waals surface area contributed by atoms with Crippen molar-refractivity contribution in [2.45, 2.75) is 127 Å². The van der Waals surface area contributed by atoms with Gasteiger partial charge in [-0.3, -0.25) is 13.6 Å². The monoisotopic (exact) mass is 1290 g/mol. The molecule has 5 unspecified atom stereocenters. The van der Waals surface area contributed by atoms with Crippen molar-refractivity contribution >= 4 is 7.82 Å². The van der Waals surface area contributed by atoms with Crippen molar-refractivity contribution in [3.8, 4) is 0 Å². The number of hydrogen-bond donors (Lipinski definition) is 0. The first kappa shape index (κ1) is 68.1. The fraction of sp³-hybridized carbons (Fsp3) is 0.316. The van der Waals surface area contributed by atoms with Crippen molar-refractivity contribution in [1.82, 2.24) is 0 Å². The SMILES string of the molecule is CO[C@@H]1O[C@@H](COCc2ccccc2)[C@H](OCc2ccccc2)C(CC[C@@]2(COP(=O)(OCc3ccccc3)OCc3ccccc3)OC(COCc3ccccc3)[C@H](OCc3ccccc3)C(OCc3ccccc3)C2OCc2ccccc2)C1OCc1ccccc1. The van der Waals surface area contributed by atoms with Gasteiger partial charge in [0.2, 0.25) is 0 Å². The van der Waals surface area contributed by atoms with E-state index in [1.165, 1.54) is 0 Å². The molecule has 0 radical (unpaired) electrons. The van der Waals surface area contributed by atoms with E-state index in [-0.39, 0.29) is 72.5 Å². The van der Waals surface area contributed by atoms with Crippen LogP contribution in [0.25, 0.3) is 0 Å². The zero-order valence-corrected chi connectivity index (χ0v) is 54.1. The van der Waals surface area contributed by atoms with E-state index >= 15 is 4.57 Å². The largest absolute Gasteiger partial charge is 0.475 e. The van der Waals surface area contributed by atoms with Crippen LogP contribution in [0.2, 0.25) is 0 Å². The van der Waals surface area contributed by atoms with Crippen LogP contribution in [-0.4, -0.2) is 81.5 Å². The van der Waals surface area contributed by atoms with Crippen molar-refractivity contribution in [3.63, 3.8) is 0 Å². The lowest BCUT2D eigenvalue weighted by Gasteiger charge is -2.54. The van der Waals surface area contributed by atoms with Crippen LogP contribution in [0.15, 0.2) is 273 Å². The normalized spacial score (nSPS) is 22.2. The van der Waals surface area contributed by atoms with Gasteiger partial charge >= 0.3 is 7.82 Å². The van der Waals surface area contributed by atoms with Gasteiger partial charge in [0.25, 0.3) is 0 Å². The molecular weight excluding hydrogens is 1200 g/mol. The minimum Gasteiger partial charge on any atom is -0.374 e. The molecule has 14 nitrogen and oxygen atoms in total. The summed E-state index contributed by atoms with van der Waals surface area (Å²) in [5.41, 5.74) is 6.60. The van der Waals surface area contributed by atoms with Crippen LogP contribution in [0.1, 0.15) is 62.9 Å². The van der Waals surface area contributed by atoms with Crippen LogP contribution in [0.5, 0.6) is 0 Å². The molecule has 11 rings (SSSR count). The molecule has 0 bridgehead atoms. The standard InChI is InChI=1S/C79H85O14P/c1-81-78-74(85-52-64-35-17-5-18-36-64)70(73(84-51-63-33-15-4-16-34-63)71(92-78)58-82-49-61-29-11-2-12-30-61)47-48-79(60-91-94(80,89-56-68-43-25-9-26-44-68)90-57-69-45-27-10-28-46-69)77(88-55-67-41-23-8-24-42-67)76(87-54-66-39-21-7-22-40-66)75(86-53-65-37-19-6-20-38-65)72(93-79)59-83-50-62-31-13-3-14-32-62/h2-46,70-78H,47-60H2,1H3/t70?,71-,72?,73+,74?,75-,76?,77?,78+,79-/m0/s1. The molecule has 2 saturated heterocycles. The van der Waals surface area contributed by atoms with Gasteiger partial charge in [0.1, 0.15) is 42.2 Å². The van der Waals surface area contributed by atoms with Crippen molar-refractivity contribution < 1.29 is 65.5 Å². The van der Waals surface area contributed by atoms with Gasteiger partial charge in [-0.2, -0.15) is 0 Å². The smallest absolute Gasteiger partial charge is 0.374 e. The topological polar surface area (TPSA) is 137 Å². The highest BCUT2D eigenvalue weighted by Crippen LogP contribution is 2.54. The maximum atomic E-state index is 16.0. The van der Waals surface area contributed by atoms with Gasteiger partial charge in [-0.05, 0) is 62.9 Å². The van der Waals surface area contributed by atoms with Crippen LogP contribution >= 0.6 is 7.82 Å². The summed E-state index contributed by atoms with van der Waals surface area (Å²) < 4.78 is 107. The summed E-state index contributed by atoms with van der Waals surface area (Å²) in [7, 11) is -2.94. The fourth-order valence-corrected chi connectivity index (χ4v) is 13.3.